The standard InChI is InChI=1S/C27H23ClN6OS2/c28-24-9-8-23(37-24)21-17-36-25(32-21)14-30-27-20-13-31-34(22(20)10-11-29-27)16-19-6-4-18(5-7-19)15-33-12-2-1-3-26(33)35/h1-12,17,31H,13-16H2,(H,29,30). The summed E-state index contributed by atoms with van der Waals surface area (Å²) < 4.78 is 2.47. The quantitative estimate of drug-likeness (QED) is 0.257. The summed E-state index contributed by atoms with van der Waals surface area (Å²) in [4.78, 5) is 22.4. The Morgan fingerprint density at radius 2 is 1.86 bits per heavy atom. The van der Waals surface area contributed by atoms with Crippen molar-refractivity contribution in [2.24, 2.45) is 0 Å². The number of nitrogens with zero attached hydrogens (tertiary/aromatic N) is 4. The summed E-state index contributed by atoms with van der Waals surface area (Å²) in [5, 5.41) is 8.69. The Balaban J connectivity index is 1.10. The molecule has 0 spiro atoms. The zero-order chi connectivity index (χ0) is 25.2. The van der Waals surface area contributed by atoms with Crippen molar-refractivity contribution in [2.75, 3.05) is 10.3 Å². The van der Waals surface area contributed by atoms with Crippen LogP contribution in [0.2, 0.25) is 4.34 Å². The summed E-state index contributed by atoms with van der Waals surface area (Å²) in [5.41, 5.74) is 8.98. The predicted octanol–water partition coefficient (Wildman–Crippen LogP) is 5.77. The van der Waals surface area contributed by atoms with Crippen molar-refractivity contribution in [3.63, 3.8) is 0 Å². The molecule has 2 N–H and O–H groups in total. The first-order chi connectivity index (χ1) is 18.1. The van der Waals surface area contributed by atoms with Gasteiger partial charge in [0.1, 0.15) is 10.8 Å². The number of fused-ring (bicyclic) bond motifs is 1. The summed E-state index contributed by atoms with van der Waals surface area (Å²) in [5.74, 6) is 0.868. The van der Waals surface area contributed by atoms with Crippen LogP contribution in [-0.4, -0.2) is 14.5 Å². The van der Waals surface area contributed by atoms with E-state index < -0.39 is 0 Å². The maximum absolute atomic E-state index is 12.0. The number of thiophene rings is 1. The van der Waals surface area contributed by atoms with Gasteiger partial charge in [-0.15, -0.1) is 22.7 Å². The smallest absolute Gasteiger partial charge is 0.250 e. The molecule has 37 heavy (non-hydrogen) atoms. The average molecular weight is 547 g/mol. The van der Waals surface area contributed by atoms with Crippen LogP contribution in [0, 0.1) is 0 Å². The van der Waals surface area contributed by atoms with Gasteiger partial charge in [0.25, 0.3) is 5.56 Å². The van der Waals surface area contributed by atoms with E-state index in [1.807, 2.05) is 36.7 Å². The third-order valence-corrected chi connectivity index (χ3v) is 8.27. The van der Waals surface area contributed by atoms with Gasteiger partial charge in [-0.05, 0) is 35.4 Å². The molecule has 0 atom stereocenters. The minimum absolute atomic E-state index is 0.00481. The molecule has 7 nitrogen and oxygen atoms in total. The van der Waals surface area contributed by atoms with Crippen molar-refractivity contribution in [1.82, 2.24) is 20.0 Å². The number of hydrogen-bond donors (Lipinski definition) is 2. The van der Waals surface area contributed by atoms with Crippen LogP contribution < -0.4 is 21.3 Å². The highest BCUT2D eigenvalue weighted by molar-refractivity contribution is 7.19. The van der Waals surface area contributed by atoms with Crippen molar-refractivity contribution in [1.29, 1.82) is 0 Å². The molecule has 0 bridgehead atoms. The van der Waals surface area contributed by atoms with Crippen LogP contribution in [0.3, 0.4) is 0 Å². The maximum atomic E-state index is 12.0. The molecule has 0 unspecified atom stereocenters. The topological polar surface area (TPSA) is 75.1 Å². The van der Waals surface area contributed by atoms with E-state index in [-0.39, 0.29) is 5.56 Å². The number of thiazole rings is 1. The molecule has 1 aliphatic rings. The van der Waals surface area contributed by atoms with Crippen LogP contribution in [-0.2, 0) is 26.2 Å². The predicted molar refractivity (Wildman–Crippen MR) is 151 cm³/mol. The van der Waals surface area contributed by atoms with Crippen molar-refractivity contribution in [3.05, 3.63) is 115 Å². The summed E-state index contributed by atoms with van der Waals surface area (Å²) >= 11 is 9.23. The van der Waals surface area contributed by atoms with E-state index in [4.69, 9.17) is 16.6 Å². The van der Waals surface area contributed by atoms with Gasteiger partial charge in [0.2, 0.25) is 0 Å². The molecule has 0 fully saturated rings. The Labute approximate surface area is 227 Å². The van der Waals surface area contributed by atoms with Crippen molar-refractivity contribution in [3.8, 4) is 10.6 Å². The van der Waals surface area contributed by atoms with Crippen molar-refractivity contribution < 1.29 is 0 Å². The summed E-state index contributed by atoms with van der Waals surface area (Å²) in [6, 6.07) is 19.6. The SMILES string of the molecule is O=c1ccccn1Cc1ccc(CN2NCc3c2ccnc3NCc2nc(-c3ccc(Cl)s3)cs2)cc1. The molecule has 5 aromatic rings. The molecule has 0 radical (unpaired) electrons. The highest BCUT2D eigenvalue weighted by atomic mass is 35.5. The van der Waals surface area contributed by atoms with Gasteiger partial charge in [0, 0.05) is 35.9 Å². The van der Waals surface area contributed by atoms with E-state index in [0.717, 1.165) is 49.1 Å². The molecule has 0 saturated heterocycles. The fraction of sp³-hybridized carbons (Fsp3) is 0.148. The number of benzene rings is 1. The second kappa shape index (κ2) is 10.5. The maximum Gasteiger partial charge on any atom is 0.250 e. The molecule has 4 aromatic heterocycles. The number of halogens is 1. The highest BCUT2D eigenvalue weighted by Crippen LogP contribution is 2.33. The Morgan fingerprint density at radius 1 is 1.03 bits per heavy atom. The normalized spacial score (nSPS) is 12.6. The van der Waals surface area contributed by atoms with Crippen LogP contribution in [0.15, 0.2) is 83.2 Å². The molecule has 1 aromatic carbocycles. The molecular weight excluding hydrogens is 524 g/mol. The van der Waals surface area contributed by atoms with Gasteiger partial charge in [-0.1, -0.05) is 41.9 Å². The van der Waals surface area contributed by atoms with Crippen LogP contribution in [0.4, 0.5) is 11.5 Å². The van der Waals surface area contributed by atoms with E-state index in [1.165, 1.54) is 16.9 Å². The van der Waals surface area contributed by atoms with E-state index in [0.29, 0.717) is 19.6 Å². The number of nitrogens with one attached hydrogen (secondary N) is 2. The zero-order valence-electron chi connectivity index (χ0n) is 19.7. The summed E-state index contributed by atoms with van der Waals surface area (Å²) in [6.45, 7) is 2.60. The Bertz CT molecular complexity index is 1590. The summed E-state index contributed by atoms with van der Waals surface area (Å²) in [7, 11) is 0. The Morgan fingerprint density at radius 3 is 2.65 bits per heavy atom. The fourth-order valence-electron chi connectivity index (χ4n) is 4.30. The summed E-state index contributed by atoms with van der Waals surface area (Å²) in [6.07, 6.45) is 3.65. The Hall–Kier alpha value is -3.50. The first-order valence-electron chi connectivity index (χ1n) is 11.8. The molecule has 0 saturated carbocycles. The number of pyridine rings is 2. The number of rotatable bonds is 8. The largest absolute Gasteiger partial charge is 0.363 e. The number of anilines is 2. The zero-order valence-corrected chi connectivity index (χ0v) is 22.1. The van der Waals surface area contributed by atoms with E-state index in [9.17, 15) is 4.79 Å². The third-order valence-electron chi connectivity index (χ3n) is 6.17. The molecule has 10 heteroatoms. The van der Waals surface area contributed by atoms with Gasteiger partial charge in [-0.3, -0.25) is 4.79 Å². The minimum atomic E-state index is 0.00481. The van der Waals surface area contributed by atoms with Gasteiger partial charge in [-0.2, -0.15) is 0 Å². The lowest BCUT2D eigenvalue weighted by Gasteiger charge is -2.20. The number of hydrazine groups is 1. The second-order valence-electron chi connectivity index (χ2n) is 8.65. The van der Waals surface area contributed by atoms with E-state index in [2.05, 4.69) is 50.4 Å². The van der Waals surface area contributed by atoms with E-state index >= 15 is 0 Å². The first kappa shape index (κ1) is 23.9. The van der Waals surface area contributed by atoms with Crippen LogP contribution >= 0.6 is 34.3 Å². The van der Waals surface area contributed by atoms with Crippen molar-refractivity contribution >= 4 is 45.8 Å². The van der Waals surface area contributed by atoms with Crippen LogP contribution in [0.5, 0.6) is 0 Å². The third kappa shape index (κ3) is 5.30. The van der Waals surface area contributed by atoms with E-state index in [1.54, 1.807) is 28.0 Å². The van der Waals surface area contributed by atoms with Crippen LogP contribution in [0.1, 0.15) is 21.7 Å². The molecule has 0 aliphatic carbocycles. The number of aromatic nitrogens is 3. The second-order valence-corrected chi connectivity index (χ2v) is 11.3. The van der Waals surface area contributed by atoms with Gasteiger partial charge in [0.15, 0.2) is 0 Å². The molecule has 0 amide bonds. The first-order valence-corrected chi connectivity index (χ1v) is 13.9. The average Bonchev–Trinajstić information content (AvgIpc) is 3.66. The molecule has 6 rings (SSSR count). The number of hydrogen-bond acceptors (Lipinski definition) is 8. The van der Waals surface area contributed by atoms with Gasteiger partial charge in [-0.25, -0.2) is 15.4 Å². The lowest BCUT2D eigenvalue weighted by molar-refractivity contribution is 0.667. The molecule has 1 aliphatic heterocycles. The minimum Gasteiger partial charge on any atom is -0.363 e. The molecule has 5 heterocycles. The fourth-order valence-corrected chi connectivity index (χ4v) is 6.11. The van der Waals surface area contributed by atoms with Crippen LogP contribution in [0.25, 0.3) is 10.6 Å². The van der Waals surface area contributed by atoms with Gasteiger partial charge in [0.05, 0.1) is 40.2 Å². The Kier molecular flexibility index (Phi) is 6.75. The van der Waals surface area contributed by atoms with Gasteiger partial charge < -0.3 is 14.9 Å². The van der Waals surface area contributed by atoms with Crippen molar-refractivity contribution in [2.45, 2.75) is 26.2 Å². The monoisotopic (exact) mass is 546 g/mol. The molecule has 186 valence electrons. The lowest BCUT2D eigenvalue weighted by Crippen LogP contribution is -2.31. The molecular formula is C27H23ClN6OS2. The van der Waals surface area contributed by atoms with Gasteiger partial charge >= 0.3 is 0 Å². The highest BCUT2D eigenvalue weighted by Gasteiger charge is 2.22. The lowest BCUT2D eigenvalue weighted by atomic mass is 10.1.